The fourth-order valence-corrected chi connectivity index (χ4v) is 2.99. The number of pyridine rings is 1. The van der Waals surface area contributed by atoms with Crippen LogP contribution in [0, 0.1) is 13.8 Å². The van der Waals surface area contributed by atoms with Crippen LogP contribution in [0.3, 0.4) is 0 Å². The lowest BCUT2D eigenvalue weighted by Gasteiger charge is -2.19. The zero-order valence-electron chi connectivity index (χ0n) is 13.5. The van der Waals surface area contributed by atoms with Crippen LogP contribution in [-0.2, 0) is 9.53 Å². The molecule has 0 bridgehead atoms. The van der Waals surface area contributed by atoms with Crippen LogP contribution in [0.4, 0.5) is 13.2 Å². The molecular weight excluding hydrogens is 347 g/mol. The summed E-state index contributed by atoms with van der Waals surface area (Å²) in [6, 6.07) is 1.52. The molecule has 0 aromatic carbocycles. The highest BCUT2D eigenvalue weighted by Crippen LogP contribution is 2.33. The average molecular weight is 365 g/mol. The van der Waals surface area contributed by atoms with Gasteiger partial charge in [-0.05, 0) is 32.4 Å². The van der Waals surface area contributed by atoms with Crippen molar-refractivity contribution in [1.29, 1.82) is 0 Å². The number of Topliss-reactive ketones (excluding diaryl/α,β-unsaturated/α-hetero) is 1. The highest BCUT2D eigenvalue weighted by Gasteiger charge is 2.42. The number of hydrogen-bond donors (Lipinski definition) is 1. The summed E-state index contributed by atoms with van der Waals surface area (Å²) in [5, 5.41) is -2.09. The van der Waals surface area contributed by atoms with Crippen molar-refractivity contribution < 1.29 is 27.5 Å². The number of esters is 1. The number of aromatic amines is 1. The van der Waals surface area contributed by atoms with Crippen molar-refractivity contribution in [3.05, 3.63) is 33.2 Å². The molecule has 1 rings (SSSR count). The van der Waals surface area contributed by atoms with Crippen molar-refractivity contribution in [2.24, 2.45) is 0 Å². The van der Waals surface area contributed by atoms with Crippen molar-refractivity contribution in [2.75, 3.05) is 12.4 Å². The number of aryl methyl sites for hydroxylation is 2. The molecule has 1 heterocycles. The number of ketones is 1. The second-order valence-electron chi connectivity index (χ2n) is 5.11. The Balaban J connectivity index is 2.93. The maximum absolute atomic E-state index is 13.1. The van der Waals surface area contributed by atoms with E-state index in [-0.39, 0.29) is 23.9 Å². The maximum atomic E-state index is 13.1. The van der Waals surface area contributed by atoms with Gasteiger partial charge in [-0.3, -0.25) is 14.4 Å². The van der Waals surface area contributed by atoms with E-state index in [1.807, 2.05) is 0 Å². The predicted octanol–water partition coefficient (Wildman–Crippen LogP) is 2.79. The van der Waals surface area contributed by atoms with Gasteiger partial charge in [0, 0.05) is 12.1 Å². The van der Waals surface area contributed by atoms with Crippen LogP contribution in [0.25, 0.3) is 0 Å². The van der Waals surface area contributed by atoms with Gasteiger partial charge in [-0.1, -0.05) is 0 Å². The molecule has 0 spiro atoms. The number of hydrogen-bond acceptors (Lipinski definition) is 5. The van der Waals surface area contributed by atoms with E-state index in [4.69, 9.17) is 0 Å². The molecule has 0 radical (unpaired) electrons. The summed E-state index contributed by atoms with van der Waals surface area (Å²) in [5.74, 6) is -2.21. The van der Waals surface area contributed by atoms with E-state index in [0.29, 0.717) is 11.3 Å². The van der Waals surface area contributed by atoms with E-state index in [9.17, 15) is 27.6 Å². The van der Waals surface area contributed by atoms with Crippen LogP contribution < -0.4 is 5.56 Å². The van der Waals surface area contributed by atoms with Gasteiger partial charge < -0.3 is 9.72 Å². The van der Waals surface area contributed by atoms with Crippen LogP contribution >= 0.6 is 11.8 Å². The second kappa shape index (κ2) is 8.36. The summed E-state index contributed by atoms with van der Waals surface area (Å²) in [6.07, 6.45) is -5.60. The number of rotatable bonds is 7. The number of carbonyl (C=O) groups excluding carboxylic acids is 2. The van der Waals surface area contributed by atoms with Crippen molar-refractivity contribution in [3.63, 3.8) is 0 Å². The number of carbonyl (C=O) groups is 2. The van der Waals surface area contributed by atoms with Gasteiger partial charge in [0.2, 0.25) is 0 Å². The molecule has 0 aliphatic carbocycles. The molecule has 1 aromatic heterocycles. The Morgan fingerprint density at radius 2 is 1.96 bits per heavy atom. The first-order valence-corrected chi connectivity index (χ1v) is 8.18. The average Bonchev–Trinajstić information content (AvgIpc) is 2.41. The zero-order valence-corrected chi connectivity index (χ0v) is 14.3. The normalized spacial score (nSPS) is 12.8. The van der Waals surface area contributed by atoms with Gasteiger partial charge in [-0.15, -0.1) is 11.8 Å². The first-order chi connectivity index (χ1) is 11.1. The van der Waals surface area contributed by atoms with Crippen molar-refractivity contribution in [2.45, 2.75) is 38.6 Å². The molecule has 1 N–H and O–H groups in total. The predicted molar refractivity (Wildman–Crippen MR) is 84.4 cm³/mol. The Morgan fingerprint density at radius 1 is 1.33 bits per heavy atom. The van der Waals surface area contributed by atoms with Gasteiger partial charge >= 0.3 is 12.1 Å². The minimum absolute atomic E-state index is 0.0624. The molecule has 0 aliphatic rings. The summed E-state index contributed by atoms with van der Waals surface area (Å²) in [4.78, 5) is 37.6. The SMILES string of the molecule is CCOC(=O)CS[C@H](CC(=O)c1c(C)cc(C)[nH]c1=O)C(F)(F)F. The summed E-state index contributed by atoms with van der Waals surface area (Å²) >= 11 is 0.282. The number of ether oxygens (including phenoxy) is 1. The van der Waals surface area contributed by atoms with Crippen molar-refractivity contribution in [3.8, 4) is 0 Å². The Labute approximate surface area is 141 Å². The molecule has 134 valence electrons. The fourth-order valence-electron chi connectivity index (χ4n) is 2.11. The standard InChI is InChI=1S/C15H18F3NO4S/c1-4-23-12(21)7-24-11(15(16,17)18)6-10(20)13-8(2)5-9(3)19-14(13)22/h5,11H,4,6-7H2,1-3H3,(H,19,22)/t11-/m1/s1. The number of alkyl halides is 3. The lowest BCUT2D eigenvalue weighted by Crippen LogP contribution is -2.32. The first kappa shape index (κ1) is 20.3. The molecule has 24 heavy (non-hydrogen) atoms. The minimum atomic E-state index is -4.68. The van der Waals surface area contributed by atoms with Crippen LogP contribution in [-0.4, -0.2) is 40.5 Å². The molecule has 0 aliphatic heterocycles. The summed E-state index contributed by atoms with van der Waals surface area (Å²) in [6.45, 7) is 4.70. The van der Waals surface area contributed by atoms with Crippen LogP contribution in [0.2, 0.25) is 0 Å². The fraction of sp³-hybridized carbons (Fsp3) is 0.533. The highest BCUT2D eigenvalue weighted by atomic mass is 32.2. The Hall–Kier alpha value is -1.77. The first-order valence-electron chi connectivity index (χ1n) is 7.13. The Bertz CT molecular complexity index is 670. The van der Waals surface area contributed by atoms with Crippen LogP contribution in [0.5, 0.6) is 0 Å². The number of nitrogens with one attached hydrogen (secondary N) is 1. The molecule has 1 atom stereocenters. The number of H-pyrrole nitrogens is 1. The smallest absolute Gasteiger partial charge is 0.401 e. The summed E-state index contributed by atoms with van der Waals surface area (Å²) in [5.41, 5.74) is -0.170. The summed E-state index contributed by atoms with van der Waals surface area (Å²) in [7, 11) is 0. The maximum Gasteiger partial charge on any atom is 0.401 e. The molecule has 5 nitrogen and oxygen atoms in total. The molecule has 0 saturated heterocycles. The highest BCUT2D eigenvalue weighted by molar-refractivity contribution is 8.00. The number of aromatic nitrogens is 1. The van der Waals surface area contributed by atoms with Gasteiger partial charge in [0.05, 0.1) is 17.9 Å². The van der Waals surface area contributed by atoms with E-state index in [1.54, 1.807) is 13.8 Å². The topological polar surface area (TPSA) is 76.2 Å². The van der Waals surface area contributed by atoms with E-state index in [1.165, 1.54) is 13.0 Å². The van der Waals surface area contributed by atoms with Crippen molar-refractivity contribution in [1.82, 2.24) is 4.98 Å². The molecule has 1 aromatic rings. The van der Waals surface area contributed by atoms with Gasteiger partial charge in [0.25, 0.3) is 5.56 Å². The third kappa shape index (κ3) is 5.70. The van der Waals surface area contributed by atoms with Gasteiger partial charge in [-0.25, -0.2) is 0 Å². The number of halogens is 3. The van der Waals surface area contributed by atoms with E-state index < -0.39 is 40.9 Å². The van der Waals surface area contributed by atoms with Crippen molar-refractivity contribution >= 4 is 23.5 Å². The van der Waals surface area contributed by atoms with E-state index in [0.717, 1.165) is 0 Å². The Kier molecular flexibility index (Phi) is 7.07. The largest absolute Gasteiger partial charge is 0.465 e. The second-order valence-corrected chi connectivity index (χ2v) is 6.30. The van der Waals surface area contributed by atoms with Crippen LogP contribution in [0.1, 0.15) is 35.0 Å². The minimum Gasteiger partial charge on any atom is -0.465 e. The molecule has 0 unspecified atom stereocenters. The van der Waals surface area contributed by atoms with Crippen LogP contribution in [0.15, 0.2) is 10.9 Å². The lowest BCUT2D eigenvalue weighted by molar-refractivity contribution is -0.140. The lowest BCUT2D eigenvalue weighted by atomic mass is 10.0. The molecule has 0 fully saturated rings. The van der Waals surface area contributed by atoms with E-state index >= 15 is 0 Å². The third-order valence-electron chi connectivity index (χ3n) is 3.09. The summed E-state index contributed by atoms with van der Waals surface area (Å²) < 4.78 is 43.8. The van der Waals surface area contributed by atoms with Gasteiger partial charge in [0.1, 0.15) is 5.25 Å². The third-order valence-corrected chi connectivity index (χ3v) is 4.33. The molecule has 9 heteroatoms. The van der Waals surface area contributed by atoms with Gasteiger partial charge in [-0.2, -0.15) is 13.2 Å². The quantitative estimate of drug-likeness (QED) is 0.594. The zero-order chi connectivity index (χ0) is 18.5. The molecule has 0 saturated carbocycles. The number of thioether (sulfide) groups is 1. The van der Waals surface area contributed by atoms with Gasteiger partial charge in [0.15, 0.2) is 5.78 Å². The Morgan fingerprint density at radius 3 is 2.46 bits per heavy atom. The molecule has 0 amide bonds. The molecular formula is C15H18F3NO4S. The monoisotopic (exact) mass is 365 g/mol. The van der Waals surface area contributed by atoms with E-state index in [2.05, 4.69) is 9.72 Å².